The van der Waals surface area contributed by atoms with Gasteiger partial charge < -0.3 is 30.7 Å². The predicted molar refractivity (Wildman–Crippen MR) is 98.9 cm³/mol. The fourth-order valence-corrected chi connectivity index (χ4v) is 2.95. The monoisotopic (exact) mass is 364 g/mol. The van der Waals surface area contributed by atoms with Crippen molar-refractivity contribution in [3.05, 3.63) is 23.3 Å². The number of amides is 2. The fraction of sp³-hybridized carbons (Fsp3) is 0.556. The van der Waals surface area contributed by atoms with Crippen LogP contribution in [0.15, 0.2) is 12.1 Å². The maximum Gasteiger partial charge on any atom is 0.255 e. The number of nitrogens with two attached hydrogens (primary N) is 1. The SMILES string of the molecule is COc1cc(OC)c(C(=O)NC2CCN(C)CC2)cc1C(=O)NCCN. The molecule has 0 aliphatic carbocycles. The number of methoxy groups -OCH3 is 2. The molecule has 0 atom stereocenters. The molecule has 4 N–H and O–H groups in total. The lowest BCUT2D eigenvalue weighted by Gasteiger charge is -2.29. The normalized spacial score (nSPS) is 15.4. The highest BCUT2D eigenvalue weighted by molar-refractivity contribution is 6.03. The number of carbonyl (C=O) groups is 2. The molecule has 1 aromatic carbocycles. The molecule has 2 amide bonds. The summed E-state index contributed by atoms with van der Waals surface area (Å²) in [5.41, 5.74) is 6.01. The zero-order valence-corrected chi connectivity index (χ0v) is 15.6. The van der Waals surface area contributed by atoms with Crippen molar-refractivity contribution in [1.29, 1.82) is 0 Å². The van der Waals surface area contributed by atoms with Crippen LogP contribution in [-0.2, 0) is 0 Å². The first-order valence-corrected chi connectivity index (χ1v) is 8.73. The Bertz CT molecular complexity index is 642. The zero-order chi connectivity index (χ0) is 19.1. The number of ether oxygens (including phenoxy) is 2. The molecule has 144 valence electrons. The minimum Gasteiger partial charge on any atom is -0.496 e. The number of nitrogens with one attached hydrogen (secondary N) is 2. The molecule has 1 saturated heterocycles. The third-order valence-electron chi connectivity index (χ3n) is 4.49. The Kier molecular flexibility index (Phi) is 7.23. The number of benzene rings is 1. The van der Waals surface area contributed by atoms with Crippen molar-refractivity contribution in [2.45, 2.75) is 18.9 Å². The van der Waals surface area contributed by atoms with Crippen LogP contribution >= 0.6 is 0 Å². The average molecular weight is 364 g/mol. The van der Waals surface area contributed by atoms with Crippen molar-refractivity contribution in [3.63, 3.8) is 0 Å². The summed E-state index contributed by atoms with van der Waals surface area (Å²) in [6.45, 7) is 2.55. The van der Waals surface area contributed by atoms with Crippen LogP contribution in [-0.4, -0.2) is 70.2 Å². The molecule has 26 heavy (non-hydrogen) atoms. The lowest BCUT2D eigenvalue weighted by Crippen LogP contribution is -2.43. The van der Waals surface area contributed by atoms with Crippen LogP contribution in [0.25, 0.3) is 0 Å². The fourth-order valence-electron chi connectivity index (χ4n) is 2.95. The van der Waals surface area contributed by atoms with Gasteiger partial charge in [-0.3, -0.25) is 9.59 Å². The highest BCUT2D eigenvalue weighted by atomic mass is 16.5. The van der Waals surface area contributed by atoms with Crippen molar-refractivity contribution in [1.82, 2.24) is 15.5 Å². The molecule has 0 unspecified atom stereocenters. The van der Waals surface area contributed by atoms with Gasteiger partial charge in [-0.05, 0) is 39.0 Å². The van der Waals surface area contributed by atoms with E-state index >= 15 is 0 Å². The van der Waals surface area contributed by atoms with E-state index < -0.39 is 0 Å². The van der Waals surface area contributed by atoms with Crippen LogP contribution in [0.5, 0.6) is 11.5 Å². The zero-order valence-electron chi connectivity index (χ0n) is 15.6. The molecule has 0 spiro atoms. The molecule has 0 radical (unpaired) electrons. The number of carbonyl (C=O) groups excluding carboxylic acids is 2. The summed E-state index contributed by atoms with van der Waals surface area (Å²) in [7, 11) is 5.01. The van der Waals surface area contributed by atoms with E-state index in [0.717, 1.165) is 25.9 Å². The molecule has 0 aromatic heterocycles. The highest BCUT2D eigenvalue weighted by Crippen LogP contribution is 2.29. The largest absolute Gasteiger partial charge is 0.496 e. The Morgan fingerprint density at radius 2 is 1.69 bits per heavy atom. The minimum absolute atomic E-state index is 0.111. The molecule has 1 heterocycles. The van der Waals surface area contributed by atoms with Crippen molar-refractivity contribution in [2.75, 3.05) is 47.4 Å². The van der Waals surface area contributed by atoms with Crippen LogP contribution in [0, 0.1) is 0 Å². The third-order valence-corrected chi connectivity index (χ3v) is 4.49. The molecule has 1 aliphatic rings. The van der Waals surface area contributed by atoms with E-state index in [-0.39, 0.29) is 23.4 Å². The molecule has 2 rings (SSSR count). The Hall–Kier alpha value is -2.32. The smallest absolute Gasteiger partial charge is 0.255 e. The number of nitrogens with zero attached hydrogens (tertiary/aromatic N) is 1. The quantitative estimate of drug-likeness (QED) is 0.639. The standard InChI is InChI=1S/C18H28N4O4/c1-22-8-4-12(5-9-22)21-18(24)14-10-13(17(23)20-7-6-19)15(25-2)11-16(14)26-3/h10-12H,4-9,19H2,1-3H3,(H,20,23)(H,21,24). The minimum atomic E-state index is -0.344. The van der Waals surface area contributed by atoms with Crippen molar-refractivity contribution in [3.8, 4) is 11.5 Å². The molecule has 0 saturated carbocycles. The van der Waals surface area contributed by atoms with E-state index in [2.05, 4.69) is 22.6 Å². The molecular formula is C18H28N4O4. The average Bonchev–Trinajstić information content (AvgIpc) is 2.66. The van der Waals surface area contributed by atoms with Gasteiger partial charge in [0.2, 0.25) is 0 Å². The highest BCUT2D eigenvalue weighted by Gasteiger charge is 2.24. The Balaban J connectivity index is 2.24. The van der Waals surface area contributed by atoms with Gasteiger partial charge in [-0.25, -0.2) is 0 Å². The number of hydrogen-bond acceptors (Lipinski definition) is 6. The maximum absolute atomic E-state index is 12.8. The second-order valence-corrected chi connectivity index (χ2v) is 6.35. The Morgan fingerprint density at radius 1 is 1.12 bits per heavy atom. The van der Waals surface area contributed by atoms with E-state index in [9.17, 15) is 9.59 Å². The Morgan fingerprint density at radius 3 is 2.23 bits per heavy atom. The summed E-state index contributed by atoms with van der Waals surface area (Å²) in [4.78, 5) is 27.4. The van der Waals surface area contributed by atoms with E-state index in [4.69, 9.17) is 15.2 Å². The third kappa shape index (κ3) is 4.86. The van der Waals surface area contributed by atoms with Gasteiger partial charge >= 0.3 is 0 Å². The lowest BCUT2D eigenvalue weighted by atomic mass is 10.0. The molecule has 1 aliphatic heterocycles. The Labute approximate surface area is 154 Å². The van der Waals surface area contributed by atoms with Crippen LogP contribution in [0.4, 0.5) is 0 Å². The van der Waals surface area contributed by atoms with Gasteiger partial charge in [0.05, 0.1) is 25.3 Å². The lowest BCUT2D eigenvalue weighted by molar-refractivity contribution is 0.0913. The van der Waals surface area contributed by atoms with Crippen LogP contribution in [0.1, 0.15) is 33.6 Å². The van der Waals surface area contributed by atoms with E-state index in [0.29, 0.717) is 30.2 Å². The van der Waals surface area contributed by atoms with E-state index in [1.165, 1.54) is 20.3 Å². The summed E-state index contributed by atoms with van der Waals surface area (Å²) in [5.74, 6) is 0.102. The van der Waals surface area contributed by atoms with Crippen molar-refractivity contribution < 1.29 is 19.1 Å². The predicted octanol–water partition coefficient (Wildman–Crippen LogP) is 0.216. The van der Waals surface area contributed by atoms with Crippen LogP contribution < -0.4 is 25.8 Å². The van der Waals surface area contributed by atoms with Crippen molar-refractivity contribution in [2.24, 2.45) is 5.73 Å². The number of hydrogen-bond donors (Lipinski definition) is 3. The number of rotatable bonds is 7. The molecule has 1 aromatic rings. The van der Waals surface area contributed by atoms with Gasteiger partial charge in [-0.2, -0.15) is 0 Å². The summed E-state index contributed by atoms with van der Waals surface area (Å²) >= 11 is 0. The molecule has 1 fully saturated rings. The second kappa shape index (κ2) is 9.40. The van der Waals surface area contributed by atoms with Gasteiger partial charge in [0.25, 0.3) is 11.8 Å². The molecule has 8 heteroatoms. The summed E-state index contributed by atoms with van der Waals surface area (Å²) in [5, 5.41) is 5.73. The summed E-state index contributed by atoms with van der Waals surface area (Å²) in [6.07, 6.45) is 1.79. The van der Waals surface area contributed by atoms with E-state index in [1.807, 2.05) is 0 Å². The van der Waals surface area contributed by atoms with Gasteiger partial charge in [0.15, 0.2) is 0 Å². The molecular weight excluding hydrogens is 336 g/mol. The second-order valence-electron chi connectivity index (χ2n) is 6.35. The number of piperidine rings is 1. The van der Waals surface area contributed by atoms with Gasteiger partial charge in [-0.1, -0.05) is 0 Å². The summed E-state index contributed by atoms with van der Waals surface area (Å²) in [6, 6.07) is 3.18. The molecule has 8 nitrogen and oxygen atoms in total. The first-order chi connectivity index (χ1) is 12.5. The van der Waals surface area contributed by atoms with Gasteiger partial charge in [-0.15, -0.1) is 0 Å². The first kappa shape index (κ1) is 20.0. The first-order valence-electron chi connectivity index (χ1n) is 8.73. The molecule has 0 bridgehead atoms. The van der Waals surface area contributed by atoms with E-state index in [1.54, 1.807) is 6.07 Å². The van der Waals surface area contributed by atoms with Crippen LogP contribution in [0.3, 0.4) is 0 Å². The topological polar surface area (TPSA) is 106 Å². The summed E-state index contributed by atoms with van der Waals surface area (Å²) < 4.78 is 10.6. The van der Waals surface area contributed by atoms with Crippen LogP contribution in [0.2, 0.25) is 0 Å². The number of likely N-dealkylation sites (tertiary alicyclic amines) is 1. The van der Waals surface area contributed by atoms with Gasteiger partial charge in [0.1, 0.15) is 11.5 Å². The maximum atomic E-state index is 12.8. The van der Waals surface area contributed by atoms with Crippen molar-refractivity contribution >= 4 is 11.8 Å². The van der Waals surface area contributed by atoms with Gasteiger partial charge in [0, 0.05) is 25.2 Å².